The number of pyridine rings is 1. The van der Waals surface area contributed by atoms with E-state index in [2.05, 4.69) is 36.4 Å². The van der Waals surface area contributed by atoms with E-state index in [9.17, 15) is 19.5 Å². The lowest BCUT2D eigenvalue weighted by atomic mass is 9.87. The van der Waals surface area contributed by atoms with E-state index in [0.717, 1.165) is 5.56 Å². The van der Waals surface area contributed by atoms with Gasteiger partial charge in [-0.2, -0.15) is 0 Å². The van der Waals surface area contributed by atoms with Gasteiger partial charge in [0.25, 0.3) is 17.4 Å². The van der Waals surface area contributed by atoms with Crippen molar-refractivity contribution in [3.63, 3.8) is 0 Å². The van der Waals surface area contributed by atoms with Gasteiger partial charge in [-0.05, 0) is 46.9 Å². The van der Waals surface area contributed by atoms with Gasteiger partial charge in [0.1, 0.15) is 11.8 Å². The number of hydrogen-bond donors (Lipinski definition) is 4. The number of aliphatic hydroxyl groups is 1. The minimum absolute atomic E-state index is 0.0216. The molecule has 1 atom stereocenters. The van der Waals surface area contributed by atoms with E-state index >= 15 is 0 Å². The number of carbonyl (C=O) groups is 2. The molecular weight excluding hydrogens is 434 g/mol. The fourth-order valence-corrected chi connectivity index (χ4v) is 3.36. The summed E-state index contributed by atoms with van der Waals surface area (Å²) in [5, 5.41) is 14.9. The largest absolute Gasteiger partial charge is 0.497 e. The first kappa shape index (κ1) is 24.7. The Kier molecular flexibility index (Phi) is 7.53. The van der Waals surface area contributed by atoms with Crippen LogP contribution < -0.4 is 20.9 Å². The Morgan fingerprint density at radius 1 is 1.06 bits per heavy atom. The Labute approximate surface area is 198 Å². The summed E-state index contributed by atoms with van der Waals surface area (Å²) < 4.78 is 5.19. The molecule has 0 aliphatic heterocycles. The van der Waals surface area contributed by atoms with Gasteiger partial charge in [-0.15, -0.1) is 0 Å². The molecule has 0 saturated heterocycles. The predicted molar refractivity (Wildman–Crippen MR) is 130 cm³/mol. The molecule has 3 aromatic rings. The zero-order valence-corrected chi connectivity index (χ0v) is 19.6. The molecule has 0 aliphatic carbocycles. The van der Waals surface area contributed by atoms with Crippen molar-refractivity contribution in [1.82, 2.24) is 10.3 Å². The van der Waals surface area contributed by atoms with Crippen LogP contribution in [-0.2, 0) is 16.8 Å². The molecule has 8 heteroatoms. The van der Waals surface area contributed by atoms with Crippen molar-refractivity contribution >= 4 is 17.5 Å². The lowest BCUT2D eigenvalue weighted by molar-refractivity contribution is -0.118. The number of ether oxygens (including phenoxy) is 1. The first-order valence-electron chi connectivity index (χ1n) is 10.8. The number of carbonyl (C=O) groups excluding carboxylic acids is 2. The lowest BCUT2D eigenvalue weighted by Gasteiger charge is -2.21. The number of aliphatic hydroxyl groups excluding tert-OH is 1. The maximum atomic E-state index is 13.2. The highest BCUT2D eigenvalue weighted by atomic mass is 16.5. The molecule has 3 rings (SSSR count). The summed E-state index contributed by atoms with van der Waals surface area (Å²) >= 11 is 0. The highest BCUT2D eigenvalue weighted by Gasteiger charge is 2.24. The van der Waals surface area contributed by atoms with Gasteiger partial charge in [0, 0.05) is 17.4 Å². The number of rotatable bonds is 7. The molecule has 4 N–H and O–H groups in total. The van der Waals surface area contributed by atoms with E-state index in [4.69, 9.17) is 4.74 Å². The van der Waals surface area contributed by atoms with Gasteiger partial charge in [-0.25, -0.2) is 0 Å². The van der Waals surface area contributed by atoms with Gasteiger partial charge in [0.15, 0.2) is 0 Å². The van der Waals surface area contributed by atoms with Crippen LogP contribution in [0.2, 0.25) is 0 Å². The highest BCUT2D eigenvalue weighted by molar-refractivity contribution is 6.01. The van der Waals surface area contributed by atoms with Crippen molar-refractivity contribution in [2.45, 2.75) is 38.8 Å². The van der Waals surface area contributed by atoms with E-state index in [1.54, 1.807) is 24.3 Å². The molecule has 0 aliphatic rings. The first-order chi connectivity index (χ1) is 16.1. The molecule has 1 aromatic heterocycles. The summed E-state index contributed by atoms with van der Waals surface area (Å²) in [6.07, 6.45) is 1.24. The number of anilines is 1. The van der Waals surface area contributed by atoms with E-state index < -0.39 is 30.0 Å². The highest BCUT2D eigenvalue weighted by Crippen LogP contribution is 2.25. The van der Waals surface area contributed by atoms with Gasteiger partial charge in [0.05, 0.1) is 19.3 Å². The summed E-state index contributed by atoms with van der Waals surface area (Å²) in [7, 11) is 1.54. The number of H-pyrrole nitrogens is 1. The second-order valence-corrected chi connectivity index (χ2v) is 8.90. The SMILES string of the molecule is COc1ccc(C(NC(=O)c2c[nH]c(=O)c(CO)c2)C(=O)Nc2ccc(C(C)(C)C)cc2)cc1. The zero-order valence-electron chi connectivity index (χ0n) is 19.6. The smallest absolute Gasteiger partial charge is 0.253 e. The molecule has 2 amide bonds. The summed E-state index contributed by atoms with van der Waals surface area (Å²) in [6, 6.07) is 14.6. The van der Waals surface area contributed by atoms with Gasteiger partial charge in [-0.1, -0.05) is 45.0 Å². The molecule has 34 heavy (non-hydrogen) atoms. The zero-order chi connectivity index (χ0) is 24.9. The quantitative estimate of drug-likeness (QED) is 0.429. The minimum Gasteiger partial charge on any atom is -0.497 e. The number of aromatic nitrogens is 1. The van der Waals surface area contributed by atoms with Crippen LogP contribution in [0.15, 0.2) is 65.6 Å². The fraction of sp³-hybridized carbons (Fsp3) is 0.269. The van der Waals surface area contributed by atoms with Gasteiger partial charge in [0.2, 0.25) is 0 Å². The van der Waals surface area contributed by atoms with Crippen molar-refractivity contribution in [1.29, 1.82) is 0 Å². The molecule has 0 bridgehead atoms. The summed E-state index contributed by atoms with van der Waals surface area (Å²) in [5.41, 5.74) is 1.93. The monoisotopic (exact) mass is 463 g/mol. The van der Waals surface area contributed by atoms with Gasteiger partial charge >= 0.3 is 0 Å². The number of benzene rings is 2. The van der Waals surface area contributed by atoms with Crippen molar-refractivity contribution in [2.24, 2.45) is 0 Å². The van der Waals surface area contributed by atoms with Crippen molar-refractivity contribution < 1.29 is 19.4 Å². The first-order valence-corrected chi connectivity index (χ1v) is 10.8. The number of methoxy groups -OCH3 is 1. The predicted octanol–water partition coefficient (Wildman–Crippen LogP) is 3.28. The van der Waals surface area contributed by atoms with Crippen LogP contribution in [-0.4, -0.2) is 29.0 Å². The molecule has 178 valence electrons. The molecule has 0 fully saturated rings. The van der Waals surface area contributed by atoms with Crippen molar-refractivity contribution in [3.8, 4) is 5.75 Å². The molecule has 0 saturated carbocycles. The maximum Gasteiger partial charge on any atom is 0.253 e. The van der Waals surface area contributed by atoms with Gasteiger partial charge < -0.3 is 25.5 Å². The molecular formula is C26H29N3O5. The van der Waals surface area contributed by atoms with E-state index in [-0.39, 0.29) is 16.5 Å². The van der Waals surface area contributed by atoms with E-state index in [1.807, 2.05) is 24.3 Å². The van der Waals surface area contributed by atoms with Crippen LogP contribution >= 0.6 is 0 Å². The third kappa shape index (κ3) is 5.90. The average molecular weight is 464 g/mol. The van der Waals surface area contributed by atoms with Gasteiger partial charge in [-0.3, -0.25) is 14.4 Å². The standard InChI is InChI=1S/C26H29N3O5/c1-26(2,3)19-7-9-20(10-8-19)28-25(33)22(16-5-11-21(34-4)12-6-16)29-24(32)17-13-18(15-30)23(31)27-14-17/h5-14,22,30H,15H2,1-4H3,(H,27,31)(H,28,33)(H,29,32). The Hall–Kier alpha value is -3.91. The molecule has 8 nitrogen and oxygen atoms in total. The average Bonchev–Trinajstić information content (AvgIpc) is 2.82. The van der Waals surface area contributed by atoms with Crippen molar-refractivity contribution in [2.75, 3.05) is 12.4 Å². The Morgan fingerprint density at radius 3 is 2.26 bits per heavy atom. The number of amides is 2. The lowest BCUT2D eigenvalue weighted by Crippen LogP contribution is -2.37. The fourth-order valence-electron chi connectivity index (χ4n) is 3.36. The topological polar surface area (TPSA) is 121 Å². The van der Waals surface area contributed by atoms with Crippen LogP contribution in [0.4, 0.5) is 5.69 Å². The Morgan fingerprint density at radius 2 is 1.71 bits per heavy atom. The van der Waals surface area contributed by atoms with Crippen LogP contribution in [0.5, 0.6) is 5.75 Å². The third-order valence-electron chi connectivity index (χ3n) is 5.42. The normalized spacial score (nSPS) is 12.0. The minimum atomic E-state index is -1.02. The molecule has 1 heterocycles. The van der Waals surface area contributed by atoms with Crippen LogP contribution in [0.3, 0.4) is 0 Å². The number of aromatic amines is 1. The second kappa shape index (κ2) is 10.4. The molecule has 1 unspecified atom stereocenters. The summed E-state index contributed by atoms with van der Waals surface area (Å²) in [4.78, 5) is 40.3. The second-order valence-electron chi connectivity index (χ2n) is 8.90. The van der Waals surface area contributed by atoms with Crippen LogP contribution in [0.1, 0.15) is 53.9 Å². The van der Waals surface area contributed by atoms with E-state index in [0.29, 0.717) is 17.0 Å². The Bertz CT molecular complexity index is 1210. The van der Waals surface area contributed by atoms with Crippen LogP contribution in [0.25, 0.3) is 0 Å². The van der Waals surface area contributed by atoms with E-state index in [1.165, 1.54) is 19.4 Å². The Balaban J connectivity index is 1.87. The molecule has 0 spiro atoms. The maximum absolute atomic E-state index is 13.2. The number of nitrogens with one attached hydrogen (secondary N) is 3. The number of hydrogen-bond acceptors (Lipinski definition) is 5. The third-order valence-corrected chi connectivity index (χ3v) is 5.42. The summed E-state index contributed by atoms with van der Waals surface area (Å²) in [6.45, 7) is 5.81. The molecule has 0 radical (unpaired) electrons. The van der Waals surface area contributed by atoms with Crippen molar-refractivity contribution in [3.05, 3.63) is 93.4 Å². The summed E-state index contributed by atoms with van der Waals surface area (Å²) in [5.74, 6) is -0.404. The molecule has 2 aromatic carbocycles. The van der Waals surface area contributed by atoms with Crippen LogP contribution in [0, 0.1) is 0 Å².